The largest absolute Gasteiger partial charge is 0.494 e. The smallest absolute Gasteiger partial charge is 0.313 e. The Kier molecular flexibility index (Phi) is 5.84. The maximum atomic E-state index is 12.2. The number of anilines is 2. The second-order valence-corrected chi connectivity index (χ2v) is 8.26. The average molecular weight is 403 g/mol. The van der Waals surface area contributed by atoms with Crippen LogP contribution >= 0.6 is 0 Å². The monoisotopic (exact) mass is 403 g/mol. The van der Waals surface area contributed by atoms with E-state index in [-0.39, 0.29) is 23.7 Å². The molecule has 1 heterocycles. The molecule has 2 N–H and O–H groups in total. The number of carbonyl (C=O) groups is 2. The summed E-state index contributed by atoms with van der Waals surface area (Å²) in [6, 6.07) is 13.8. The summed E-state index contributed by atoms with van der Waals surface area (Å²) in [5, 5.41) is 5.04. The predicted octanol–water partition coefficient (Wildman–Crippen LogP) is 1.49. The molecular formula is C19H21N3O5S. The molecule has 1 fully saturated rings. The van der Waals surface area contributed by atoms with Crippen LogP contribution in [0, 0.1) is 0 Å². The van der Waals surface area contributed by atoms with Gasteiger partial charge in [0.25, 0.3) is 0 Å². The van der Waals surface area contributed by atoms with Crippen LogP contribution in [0.15, 0.2) is 48.5 Å². The molecule has 8 nitrogen and oxygen atoms in total. The lowest BCUT2D eigenvalue weighted by Crippen LogP contribution is -2.35. The highest BCUT2D eigenvalue weighted by molar-refractivity contribution is 7.93. The molecule has 148 valence electrons. The van der Waals surface area contributed by atoms with Crippen molar-refractivity contribution in [2.75, 3.05) is 29.0 Å². The first kappa shape index (κ1) is 19.7. The number of sulfonamides is 1. The Hall–Kier alpha value is -3.07. The van der Waals surface area contributed by atoms with Gasteiger partial charge in [-0.2, -0.15) is 0 Å². The maximum absolute atomic E-state index is 12.2. The molecule has 2 aromatic rings. The van der Waals surface area contributed by atoms with Crippen molar-refractivity contribution in [3.8, 4) is 5.75 Å². The first-order valence-corrected chi connectivity index (χ1v) is 10.3. The van der Waals surface area contributed by atoms with Crippen LogP contribution in [-0.2, 0) is 26.2 Å². The molecule has 0 atom stereocenters. The van der Waals surface area contributed by atoms with Crippen molar-refractivity contribution < 1.29 is 22.7 Å². The first-order chi connectivity index (χ1) is 13.4. The molecule has 0 saturated carbocycles. The van der Waals surface area contributed by atoms with Gasteiger partial charge in [-0.25, -0.2) is 8.42 Å². The number of nitrogens with one attached hydrogen (secondary N) is 2. The summed E-state index contributed by atoms with van der Waals surface area (Å²) < 4.78 is 30.7. The van der Waals surface area contributed by atoms with Crippen molar-refractivity contribution in [3.05, 3.63) is 54.1 Å². The summed E-state index contributed by atoms with van der Waals surface area (Å²) >= 11 is 0. The van der Waals surface area contributed by atoms with Gasteiger partial charge in [-0.3, -0.25) is 13.9 Å². The molecule has 1 aliphatic rings. The van der Waals surface area contributed by atoms with Crippen LogP contribution in [0.3, 0.4) is 0 Å². The summed E-state index contributed by atoms with van der Waals surface area (Å²) in [4.78, 5) is 24.2. The van der Waals surface area contributed by atoms with Crippen LogP contribution in [0.2, 0.25) is 0 Å². The first-order valence-electron chi connectivity index (χ1n) is 8.72. The van der Waals surface area contributed by atoms with Gasteiger partial charge in [-0.15, -0.1) is 0 Å². The van der Waals surface area contributed by atoms with E-state index in [4.69, 9.17) is 4.74 Å². The van der Waals surface area contributed by atoms with Gasteiger partial charge in [-0.05, 0) is 24.1 Å². The zero-order chi connectivity index (χ0) is 20.1. The molecule has 0 unspecified atom stereocenters. The summed E-state index contributed by atoms with van der Waals surface area (Å²) in [5.41, 5.74) is 1.61. The maximum Gasteiger partial charge on any atom is 0.313 e. The number of carbonyl (C=O) groups excluding carboxylic acids is 2. The average Bonchev–Trinajstić information content (AvgIpc) is 3.06. The Labute approximate surface area is 163 Å². The number of benzene rings is 2. The molecule has 0 aromatic heterocycles. The second-order valence-electron chi connectivity index (χ2n) is 6.25. The zero-order valence-electron chi connectivity index (χ0n) is 15.3. The molecule has 1 aliphatic heterocycles. The topological polar surface area (TPSA) is 105 Å². The number of hydrogen-bond donors (Lipinski definition) is 2. The molecule has 28 heavy (non-hydrogen) atoms. The minimum atomic E-state index is -3.32. The highest BCUT2D eigenvalue weighted by Gasteiger charge is 2.29. The molecule has 0 spiro atoms. The van der Waals surface area contributed by atoms with E-state index in [0.717, 1.165) is 5.56 Å². The predicted molar refractivity (Wildman–Crippen MR) is 106 cm³/mol. The molecule has 2 amide bonds. The summed E-state index contributed by atoms with van der Waals surface area (Å²) in [5.74, 6) is -1.24. The normalized spacial score (nSPS) is 15.1. The van der Waals surface area contributed by atoms with Crippen molar-refractivity contribution in [1.29, 1.82) is 0 Å². The fourth-order valence-corrected chi connectivity index (χ4v) is 4.46. The lowest BCUT2D eigenvalue weighted by atomic mass is 10.2. The quantitative estimate of drug-likeness (QED) is 0.736. The van der Waals surface area contributed by atoms with E-state index in [2.05, 4.69) is 10.6 Å². The Balaban J connectivity index is 1.67. The van der Waals surface area contributed by atoms with E-state index in [1.165, 1.54) is 23.5 Å². The Morgan fingerprint density at radius 2 is 1.86 bits per heavy atom. The van der Waals surface area contributed by atoms with Crippen molar-refractivity contribution in [2.24, 2.45) is 0 Å². The third-order valence-corrected chi connectivity index (χ3v) is 6.19. The number of methoxy groups -OCH3 is 1. The van der Waals surface area contributed by atoms with Crippen LogP contribution < -0.4 is 19.7 Å². The van der Waals surface area contributed by atoms with E-state index in [1.54, 1.807) is 6.07 Å². The van der Waals surface area contributed by atoms with E-state index in [1.807, 2.05) is 30.3 Å². The Morgan fingerprint density at radius 3 is 2.50 bits per heavy atom. The lowest BCUT2D eigenvalue weighted by molar-refractivity contribution is -0.136. The summed E-state index contributed by atoms with van der Waals surface area (Å²) in [6.45, 7) is 0.634. The van der Waals surface area contributed by atoms with Gasteiger partial charge in [0.2, 0.25) is 10.0 Å². The second kappa shape index (κ2) is 8.30. The molecule has 0 aliphatic carbocycles. The number of hydrogen-bond acceptors (Lipinski definition) is 5. The van der Waals surface area contributed by atoms with Gasteiger partial charge >= 0.3 is 11.8 Å². The SMILES string of the molecule is COc1cc(N2CCCS2(=O)=O)ccc1NC(=O)C(=O)NCc1ccccc1. The van der Waals surface area contributed by atoms with Gasteiger partial charge in [0.15, 0.2) is 0 Å². The van der Waals surface area contributed by atoms with E-state index >= 15 is 0 Å². The molecule has 0 bridgehead atoms. The van der Waals surface area contributed by atoms with Crippen molar-refractivity contribution in [2.45, 2.75) is 13.0 Å². The number of rotatable bonds is 5. The van der Waals surface area contributed by atoms with Crippen LogP contribution in [0.5, 0.6) is 5.75 Å². The number of amides is 2. The minimum absolute atomic E-state index is 0.107. The zero-order valence-corrected chi connectivity index (χ0v) is 16.2. The summed E-state index contributed by atoms with van der Waals surface area (Å²) in [7, 11) is -1.92. The minimum Gasteiger partial charge on any atom is -0.494 e. The third-order valence-electron chi connectivity index (χ3n) is 4.32. The number of ether oxygens (including phenoxy) is 1. The third kappa shape index (κ3) is 4.42. The fourth-order valence-electron chi connectivity index (χ4n) is 2.91. The van der Waals surface area contributed by atoms with Gasteiger partial charge in [0.1, 0.15) is 5.75 Å². The standard InChI is InChI=1S/C19H21N3O5S/c1-27-17-12-15(22-10-5-11-28(22,25)26)8-9-16(17)21-19(24)18(23)20-13-14-6-3-2-4-7-14/h2-4,6-9,12H,5,10-11,13H2,1H3,(H,20,23)(H,21,24). The van der Waals surface area contributed by atoms with E-state index in [9.17, 15) is 18.0 Å². The molecule has 9 heteroatoms. The molecule has 1 saturated heterocycles. The highest BCUT2D eigenvalue weighted by atomic mass is 32.2. The lowest BCUT2D eigenvalue weighted by Gasteiger charge is -2.19. The molecule has 2 aromatic carbocycles. The molecular weight excluding hydrogens is 382 g/mol. The van der Waals surface area contributed by atoms with E-state index in [0.29, 0.717) is 18.7 Å². The Morgan fingerprint density at radius 1 is 1.11 bits per heavy atom. The summed E-state index contributed by atoms with van der Waals surface area (Å²) in [6.07, 6.45) is 0.560. The van der Waals surface area contributed by atoms with Gasteiger partial charge < -0.3 is 15.4 Å². The van der Waals surface area contributed by atoms with Gasteiger partial charge in [0.05, 0.1) is 24.2 Å². The van der Waals surface area contributed by atoms with Crippen LogP contribution in [-0.4, -0.2) is 39.6 Å². The number of nitrogens with zero attached hydrogens (tertiary/aromatic N) is 1. The van der Waals surface area contributed by atoms with Crippen LogP contribution in [0.25, 0.3) is 0 Å². The molecule has 3 rings (SSSR count). The van der Waals surface area contributed by atoms with E-state index < -0.39 is 21.8 Å². The van der Waals surface area contributed by atoms with Gasteiger partial charge in [0, 0.05) is 19.2 Å². The van der Waals surface area contributed by atoms with Crippen LogP contribution in [0.4, 0.5) is 11.4 Å². The van der Waals surface area contributed by atoms with Crippen molar-refractivity contribution in [1.82, 2.24) is 5.32 Å². The fraction of sp³-hybridized carbons (Fsp3) is 0.263. The molecule has 0 radical (unpaired) electrons. The van der Waals surface area contributed by atoms with Crippen LogP contribution in [0.1, 0.15) is 12.0 Å². The van der Waals surface area contributed by atoms with Gasteiger partial charge in [-0.1, -0.05) is 30.3 Å². The highest BCUT2D eigenvalue weighted by Crippen LogP contribution is 2.32. The van der Waals surface area contributed by atoms with Crippen molar-refractivity contribution >= 4 is 33.2 Å². The van der Waals surface area contributed by atoms with Crippen molar-refractivity contribution in [3.63, 3.8) is 0 Å². The Bertz CT molecular complexity index is 976.